The zero-order valence-corrected chi connectivity index (χ0v) is 27.1. The summed E-state index contributed by atoms with van der Waals surface area (Å²) in [5.74, 6) is -0.403. The van der Waals surface area contributed by atoms with E-state index in [-0.39, 0.29) is 30.2 Å². The lowest BCUT2D eigenvalue weighted by atomic mass is 9.85. The lowest BCUT2D eigenvalue weighted by Gasteiger charge is -2.36. The highest BCUT2D eigenvalue weighted by Crippen LogP contribution is 2.43. The first-order valence-electron chi connectivity index (χ1n) is 14.6. The molecule has 0 spiro atoms. The molecule has 2 aliphatic rings. The molecule has 1 aromatic carbocycles. The van der Waals surface area contributed by atoms with Gasteiger partial charge in [-0.25, -0.2) is 9.78 Å². The van der Waals surface area contributed by atoms with Gasteiger partial charge in [-0.2, -0.15) is 0 Å². The van der Waals surface area contributed by atoms with Gasteiger partial charge in [-0.1, -0.05) is 34.6 Å². The van der Waals surface area contributed by atoms with E-state index in [4.69, 9.17) is 18.9 Å². The van der Waals surface area contributed by atoms with Crippen LogP contribution in [0.2, 0.25) is 18.1 Å². The summed E-state index contributed by atoms with van der Waals surface area (Å²) in [6, 6.07) is 7.84. The lowest BCUT2D eigenvalue weighted by Crippen LogP contribution is -2.48. The molecule has 0 saturated carbocycles. The van der Waals surface area contributed by atoms with Crippen molar-refractivity contribution in [2.75, 3.05) is 20.6 Å². The predicted octanol–water partition coefficient (Wildman–Crippen LogP) is 5.14. The molecule has 0 unspecified atom stereocenters. The van der Waals surface area contributed by atoms with E-state index < -0.39 is 25.9 Å². The molecule has 0 radical (unpaired) electrons. The number of hydrogen-bond donors (Lipinski definition) is 0. The fourth-order valence-corrected chi connectivity index (χ4v) is 6.72. The largest absolute Gasteiger partial charge is 0.543 e. The molecule has 1 atom stereocenters. The average molecular weight is 592 g/mol. The van der Waals surface area contributed by atoms with E-state index in [1.165, 1.54) is 0 Å². The van der Waals surface area contributed by atoms with Gasteiger partial charge in [-0.3, -0.25) is 14.5 Å². The van der Waals surface area contributed by atoms with Crippen molar-refractivity contribution in [3.05, 3.63) is 56.9 Å². The van der Waals surface area contributed by atoms with E-state index in [2.05, 4.69) is 46.9 Å². The normalized spacial score (nSPS) is 18.0. The lowest BCUT2D eigenvalue weighted by molar-refractivity contribution is -0.189. The Morgan fingerprint density at radius 1 is 1.14 bits per heavy atom. The Balaban J connectivity index is 1.66. The van der Waals surface area contributed by atoms with Crippen LogP contribution in [-0.4, -0.2) is 55.3 Å². The van der Waals surface area contributed by atoms with Crippen molar-refractivity contribution >= 4 is 31.2 Å². The molecule has 3 aromatic rings. The van der Waals surface area contributed by atoms with E-state index in [9.17, 15) is 14.4 Å². The smallest absolute Gasteiger partial charge is 0.355 e. The first-order valence-corrected chi connectivity index (χ1v) is 17.5. The minimum atomic E-state index is -2.04. The maximum Gasteiger partial charge on any atom is 0.355 e. The second-order valence-electron chi connectivity index (χ2n) is 13.1. The van der Waals surface area contributed by atoms with E-state index in [1.54, 1.807) is 30.5 Å². The Hall–Kier alpha value is -3.50. The zero-order chi connectivity index (χ0) is 30.8. The van der Waals surface area contributed by atoms with Crippen molar-refractivity contribution in [3.63, 3.8) is 0 Å². The van der Waals surface area contributed by atoms with Crippen molar-refractivity contribution < 1.29 is 23.5 Å². The molecule has 2 aromatic heterocycles. The van der Waals surface area contributed by atoms with Crippen molar-refractivity contribution in [3.8, 4) is 17.1 Å². The number of ether oxygens (including phenoxy) is 2. The van der Waals surface area contributed by atoms with Gasteiger partial charge in [0, 0.05) is 16.5 Å². The molecule has 0 fully saturated rings. The number of cyclic esters (lactones) is 1. The van der Waals surface area contributed by atoms with Gasteiger partial charge in [-0.15, -0.1) is 0 Å². The quantitative estimate of drug-likeness (QED) is 0.215. The summed E-state index contributed by atoms with van der Waals surface area (Å²) in [5, 5.41) is 1.07. The molecule has 9 nitrogen and oxygen atoms in total. The molecule has 5 rings (SSSR count). The third kappa shape index (κ3) is 4.74. The van der Waals surface area contributed by atoms with Crippen molar-refractivity contribution in [2.45, 2.75) is 84.3 Å². The summed E-state index contributed by atoms with van der Waals surface area (Å²) in [4.78, 5) is 46.6. The number of carbonyl (C=O) groups excluding carboxylic acids is 2. The van der Waals surface area contributed by atoms with Gasteiger partial charge in [0.1, 0.15) is 12.4 Å². The Morgan fingerprint density at radius 3 is 2.48 bits per heavy atom. The molecule has 4 heterocycles. The maximum atomic E-state index is 13.9. The first-order chi connectivity index (χ1) is 19.6. The summed E-state index contributed by atoms with van der Waals surface area (Å²) >= 11 is 0. The number of fused-ring (bicyclic) bond motifs is 5. The van der Waals surface area contributed by atoms with Crippen LogP contribution >= 0.6 is 0 Å². The van der Waals surface area contributed by atoms with E-state index in [0.29, 0.717) is 29.1 Å². The van der Waals surface area contributed by atoms with Gasteiger partial charge in [0.15, 0.2) is 0 Å². The molecule has 0 bridgehead atoms. The fourth-order valence-electron chi connectivity index (χ4n) is 5.70. The SMILES string of the molecule is CCc1c2c(nc3ccc(O[Si](C)(C)C(C)(C)C)cc13)-c1cc3c(c(=O)n1C2)COC(=O)[C@@]3(CC)OC(=O)CN(C)C. The minimum absolute atomic E-state index is 0.00828. The van der Waals surface area contributed by atoms with Crippen LogP contribution in [0.15, 0.2) is 29.1 Å². The molecule has 224 valence electrons. The summed E-state index contributed by atoms with van der Waals surface area (Å²) in [5.41, 5.74) is 2.99. The van der Waals surface area contributed by atoms with Crippen LogP contribution in [0, 0.1) is 0 Å². The van der Waals surface area contributed by atoms with Gasteiger partial charge >= 0.3 is 11.9 Å². The van der Waals surface area contributed by atoms with Crippen molar-refractivity contribution in [1.82, 2.24) is 14.5 Å². The number of aromatic nitrogens is 2. The summed E-state index contributed by atoms with van der Waals surface area (Å²) in [6.07, 6.45) is 0.881. The van der Waals surface area contributed by atoms with E-state index in [0.717, 1.165) is 34.2 Å². The second kappa shape index (κ2) is 10.3. The van der Waals surface area contributed by atoms with Crippen LogP contribution in [0.1, 0.15) is 63.3 Å². The average Bonchev–Trinajstić information content (AvgIpc) is 3.26. The van der Waals surface area contributed by atoms with Crippen LogP contribution in [0.25, 0.3) is 22.3 Å². The van der Waals surface area contributed by atoms with Crippen LogP contribution in [0.5, 0.6) is 5.75 Å². The topological polar surface area (TPSA) is 100.0 Å². The standard InChI is InChI=1S/C32H41N3O6Si/c1-10-20-21-14-19(41-42(8,9)31(3,4)5)12-13-25(21)33-28-22(20)16-35-26(28)15-24-23(29(35)37)18-39-30(38)32(24,11-2)40-27(36)17-34(6)7/h12-15H,10-11,16-18H2,1-9H3/t32-/m0/s1. The third-order valence-corrected chi connectivity index (χ3v) is 13.4. The van der Waals surface area contributed by atoms with Crippen molar-refractivity contribution in [1.29, 1.82) is 0 Å². The highest BCUT2D eigenvalue weighted by molar-refractivity contribution is 6.74. The number of nitrogens with zero attached hydrogens (tertiary/aromatic N) is 3. The Labute approximate surface area is 247 Å². The number of carbonyl (C=O) groups is 2. The predicted molar refractivity (Wildman–Crippen MR) is 164 cm³/mol. The number of hydrogen-bond acceptors (Lipinski definition) is 8. The molecule has 0 aliphatic carbocycles. The molecular formula is C32H41N3O6Si. The van der Waals surface area contributed by atoms with Gasteiger partial charge in [0.05, 0.1) is 35.6 Å². The highest BCUT2D eigenvalue weighted by Gasteiger charge is 2.50. The Bertz CT molecular complexity index is 1670. The van der Waals surface area contributed by atoms with Gasteiger partial charge in [0.2, 0.25) is 13.9 Å². The van der Waals surface area contributed by atoms with Crippen molar-refractivity contribution in [2.24, 2.45) is 0 Å². The van der Waals surface area contributed by atoms with Crippen LogP contribution in [-0.2, 0) is 44.2 Å². The van der Waals surface area contributed by atoms with Crippen LogP contribution < -0.4 is 9.99 Å². The second-order valence-corrected chi connectivity index (χ2v) is 17.8. The van der Waals surface area contributed by atoms with Crippen LogP contribution in [0.4, 0.5) is 0 Å². The van der Waals surface area contributed by atoms with Gasteiger partial charge < -0.3 is 18.5 Å². The van der Waals surface area contributed by atoms with E-state index in [1.807, 2.05) is 18.2 Å². The molecule has 10 heteroatoms. The number of benzene rings is 1. The Kier molecular flexibility index (Phi) is 7.38. The Morgan fingerprint density at radius 2 is 1.86 bits per heavy atom. The number of likely N-dealkylation sites (N-methyl/N-ethyl adjacent to an activating group) is 1. The summed E-state index contributed by atoms with van der Waals surface area (Å²) in [6.45, 7) is 15.2. The number of esters is 2. The maximum absolute atomic E-state index is 13.9. The fraction of sp³-hybridized carbons (Fsp3) is 0.500. The number of aryl methyl sites for hydroxylation is 1. The third-order valence-electron chi connectivity index (χ3n) is 9.01. The molecule has 42 heavy (non-hydrogen) atoms. The molecule has 0 N–H and O–H groups in total. The summed E-state index contributed by atoms with van der Waals surface area (Å²) in [7, 11) is 1.44. The minimum Gasteiger partial charge on any atom is -0.543 e. The number of rotatable bonds is 7. The number of pyridine rings is 2. The zero-order valence-electron chi connectivity index (χ0n) is 26.1. The van der Waals surface area contributed by atoms with Gasteiger partial charge in [0.25, 0.3) is 5.56 Å². The van der Waals surface area contributed by atoms with E-state index >= 15 is 0 Å². The van der Waals surface area contributed by atoms with Gasteiger partial charge in [-0.05, 0) is 74.9 Å². The molecule has 0 amide bonds. The monoisotopic (exact) mass is 591 g/mol. The van der Waals surface area contributed by atoms with Crippen LogP contribution in [0.3, 0.4) is 0 Å². The molecule has 0 saturated heterocycles. The first kappa shape index (κ1) is 30.0. The molecular weight excluding hydrogens is 550 g/mol. The molecule has 2 aliphatic heterocycles. The summed E-state index contributed by atoms with van der Waals surface area (Å²) < 4.78 is 19.6. The highest BCUT2D eigenvalue weighted by atomic mass is 28.4.